The molecule has 2 heteroatoms. The summed E-state index contributed by atoms with van der Waals surface area (Å²) in [4.78, 5) is 2.45. The summed E-state index contributed by atoms with van der Waals surface area (Å²) < 4.78 is 0. The lowest BCUT2D eigenvalue weighted by molar-refractivity contribution is 0.362. The summed E-state index contributed by atoms with van der Waals surface area (Å²) in [6.07, 6.45) is 7.14. The van der Waals surface area contributed by atoms with Gasteiger partial charge in [0.25, 0.3) is 0 Å². The molecule has 0 bridgehead atoms. The lowest BCUT2D eigenvalue weighted by Crippen LogP contribution is -2.27. The van der Waals surface area contributed by atoms with Crippen LogP contribution in [0.2, 0.25) is 0 Å². The number of benzene rings is 1. The van der Waals surface area contributed by atoms with Crippen molar-refractivity contribution in [1.29, 1.82) is 0 Å². The van der Waals surface area contributed by atoms with Crippen LogP contribution in [0.4, 0.5) is 5.69 Å². The van der Waals surface area contributed by atoms with Crippen molar-refractivity contribution in [3.05, 3.63) is 29.3 Å². The normalized spacial score (nSPS) is 16.8. The van der Waals surface area contributed by atoms with Gasteiger partial charge in [0.2, 0.25) is 0 Å². The second kappa shape index (κ2) is 6.60. The van der Waals surface area contributed by atoms with Gasteiger partial charge in [-0.3, -0.25) is 0 Å². The van der Waals surface area contributed by atoms with Crippen molar-refractivity contribution in [2.45, 2.75) is 44.4 Å². The Morgan fingerprint density at radius 1 is 1.22 bits per heavy atom. The van der Waals surface area contributed by atoms with Crippen LogP contribution in [0.15, 0.2) is 18.2 Å². The Morgan fingerprint density at radius 3 is 2.56 bits per heavy atom. The van der Waals surface area contributed by atoms with Gasteiger partial charge in [0.1, 0.15) is 0 Å². The third-order valence-electron chi connectivity index (χ3n) is 4.08. The fourth-order valence-corrected chi connectivity index (χ4v) is 3.43. The minimum atomic E-state index is 0.902. The fraction of sp³-hybridized carbons (Fsp3) is 0.625. The van der Waals surface area contributed by atoms with Crippen molar-refractivity contribution in [2.75, 3.05) is 18.5 Å². The molecule has 1 aliphatic rings. The Labute approximate surface area is 120 Å². The molecule has 1 aromatic carbocycles. The molecule has 1 fully saturated rings. The third kappa shape index (κ3) is 3.50. The van der Waals surface area contributed by atoms with Crippen LogP contribution in [-0.4, -0.2) is 13.6 Å². The van der Waals surface area contributed by atoms with Crippen molar-refractivity contribution in [3.8, 4) is 0 Å². The van der Waals surface area contributed by atoms with Gasteiger partial charge >= 0.3 is 0 Å². The average molecular weight is 310 g/mol. The van der Waals surface area contributed by atoms with E-state index in [1.165, 1.54) is 55.5 Å². The van der Waals surface area contributed by atoms with Gasteiger partial charge in [0, 0.05) is 24.6 Å². The van der Waals surface area contributed by atoms with E-state index in [1.54, 1.807) is 0 Å². The first-order valence-electron chi connectivity index (χ1n) is 7.07. The zero-order valence-electron chi connectivity index (χ0n) is 11.6. The van der Waals surface area contributed by atoms with E-state index in [9.17, 15) is 0 Å². The van der Waals surface area contributed by atoms with Gasteiger partial charge in [-0.05, 0) is 42.9 Å². The van der Waals surface area contributed by atoms with Gasteiger partial charge in [-0.25, -0.2) is 0 Å². The standard InChI is InChI=1S/C16H24BrN/c1-13-10-15(11-17)8-9-16(13)18(2)12-14-6-4-3-5-7-14/h8-10,14H,3-7,11-12H2,1-2H3. The first kappa shape index (κ1) is 13.9. The SMILES string of the molecule is Cc1cc(CBr)ccc1N(C)CC1CCCCC1. The molecule has 0 atom stereocenters. The van der Waals surface area contributed by atoms with Crippen molar-refractivity contribution < 1.29 is 0 Å². The Balaban J connectivity index is 2.01. The topological polar surface area (TPSA) is 3.24 Å². The van der Waals surface area contributed by atoms with Gasteiger partial charge in [0.15, 0.2) is 0 Å². The number of aryl methyl sites for hydroxylation is 1. The number of rotatable bonds is 4. The van der Waals surface area contributed by atoms with Gasteiger partial charge in [-0.2, -0.15) is 0 Å². The summed E-state index contributed by atoms with van der Waals surface area (Å²) in [5.74, 6) is 0.902. The summed E-state index contributed by atoms with van der Waals surface area (Å²) in [6, 6.07) is 6.80. The van der Waals surface area contributed by atoms with E-state index in [4.69, 9.17) is 0 Å². The molecule has 0 heterocycles. The molecule has 0 spiro atoms. The van der Waals surface area contributed by atoms with Gasteiger partial charge in [0.05, 0.1) is 0 Å². The Morgan fingerprint density at radius 2 is 1.94 bits per heavy atom. The van der Waals surface area contributed by atoms with Crippen molar-refractivity contribution in [2.24, 2.45) is 5.92 Å². The Hall–Kier alpha value is -0.500. The number of hydrogen-bond acceptors (Lipinski definition) is 1. The number of alkyl halides is 1. The van der Waals surface area contributed by atoms with Gasteiger partial charge in [-0.15, -0.1) is 0 Å². The largest absolute Gasteiger partial charge is 0.374 e. The molecule has 1 aliphatic carbocycles. The Kier molecular flexibility index (Phi) is 5.11. The first-order valence-corrected chi connectivity index (χ1v) is 8.19. The van der Waals surface area contributed by atoms with Crippen molar-refractivity contribution >= 4 is 21.6 Å². The molecule has 100 valence electrons. The van der Waals surface area contributed by atoms with Crippen LogP contribution in [0.3, 0.4) is 0 Å². The summed E-state index contributed by atoms with van der Waals surface area (Å²) >= 11 is 3.52. The second-order valence-electron chi connectivity index (χ2n) is 5.64. The molecule has 0 saturated heterocycles. The van der Waals surface area contributed by atoms with Crippen LogP contribution in [0.1, 0.15) is 43.2 Å². The molecule has 1 aromatic rings. The molecule has 2 rings (SSSR count). The van der Waals surface area contributed by atoms with E-state index in [-0.39, 0.29) is 0 Å². The highest BCUT2D eigenvalue weighted by molar-refractivity contribution is 9.08. The third-order valence-corrected chi connectivity index (χ3v) is 4.73. The van der Waals surface area contributed by atoms with Gasteiger partial charge in [-0.1, -0.05) is 47.3 Å². The average Bonchev–Trinajstić information content (AvgIpc) is 2.39. The maximum Gasteiger partial charge on any atom is 0.0393 e. The van der Waals surface area contributed by atoms with Crippen molar-refractivity contribution in [1.82, 2.24) is 0 Å². The van der Waals surface area contributed by atoms with E-state index >= 15 is 0 Å². The van der Waals surface area contributed by atoms with Crippen LogP contribution in [0, 0.1) is 12.8 Å². The molecule has 0 amide bonds. The number of anilines is 1. The van der Waals surface area contributed by atoms with E-state index in [0.29, 0.717) is 0 Å². The minimum absolute atomic E-state index is 0.902. The highest BCUT2D eigenvalue weighted by Crippen LogP contribution is 2.27. The van der Waals surface area contributed by atoms with E-state index < -0.39 is 0 Å². The maximum absolute atomic E-state index is 3.52. The highest BCUT2D eigenvalue weighted by Gasteiger charge is 2.16. The van der Waals surface area contributed by atoms with Crippen LogP contribution in [-0.2, 0) is 5.33 Å². The molecule has 0 N–H and O–H groups in total. The zero-order chi connectivity index (χ0) is 13.0. The molecule has 0 aromatic heterocycles. The fourth-order valence-electron chi connectivity index (χ4n) is 3.08. The molecular weight excluding hydrogens is 286 g/mol. The summed E-state index contributed by atoms with van der Waals surface area (Å²) in [7, 11) is 2.24. The van der Waals surface area contributed by atoms with E-state index in [1.807, 2.05) is 0 Å². The lowest BCUT2D eigenvalue weighted by atomic mass is 9.89. The smallest absolute Gasteiger partial charge is 0.0393 e. The summed E-state index contributed by atoms with van der Waals surface area (Å²) in [5, 5.41) is 0.945. The van der Waals surface area contributed by atoms with E-state index in [2.05, 4.69) is 53.0 Å². The lowest BCUT2D eigenvalue weighted by Gasteiger charge is -2.29. The quantitative estimate of drug-likeness (QED) is 0.715. The second-order valence-corrected chi connectivity index (χ2v) is 6.20. The number of hydrogen-bond donors (Lipinski definition) is 0. The number of nitrogens with zero attached hydrogens (tertiary/aromatic N) is 1. The molecule has 1 nitrogen and oxygen atoms in total. The van der Waals surface area contributed by atoms with Crippen LogP contribution in [0.25, 0.3) is 0 Å². The minimum Gasteiger partial charge on any atom is -0.374 e. The monoisotopic (exact) mass is 309 g/mol. The summed E-state index contributed by atoms with van der Waals surface area (Å²) in [5.41, 5.74) is 4.15. The molecule has 1 saturated carbocycles. The molecule has 0 unspecified atom stereocenters. The first-order chi connectivity index (χ1) is 8.70. The molecule has 0 aliphatic heterocycles. The molecular formula is C16H24BrN. The van der Waals surface area contributed by atoms with Crippen LogP contribution < -0.4 is 4.90 Å². The molecule has 18 heavy (non-hydrogen) atoms. The predicted molar refractivity (Wildman–Crippen MR) is 83.7 cm³/mol. The Bertz CT molecular complexity index is 383. The summed E-state index contributed by atoms with van der Waals surface area (Å²) in [6.45, 7) is 3.44. The van der Waals surface area contributed by atoms with Gasteiger partial charge < -0.3 is 4.90 Å². The molecule has 0 radical (unpaired) electrons. The number of halogens is 1. The zero-order valence-corrected chi connectivity index (χ0v) is 13.2. The highest BCUT2D eigenvalue weighted by atomic mass is 79.9. The van der Waals surface area contributed by atoms with Crippen molar-refractivity contribution in [3.63, 3.8) is 0 Å². The maximum atomic E-state index is 3.52. The van der Waals surface area contributed by atoms with E-state index in [0.717, 1.165) is 11.2 Å². The van der Waals surface area contributed by atoms with Crippen LogP contribution in [0.5, 0.6) is 0 Å². The predicted octanol–water partition coefficient (Wildman–Crippen LogP) is 4.91. The van der Waals surface area contributed by atoms with Crippen LogP contribution >= 0.6 is 15.9 Å².